The summed E-state index contributed by atoms with van der Waals surface area (Å²) in [6.07, 6.45) is 0. The molecule has 0 aliphatic heterocycles. The van der Waals surface area contributed by atoms with Crippen LogP contribution in [0.15, 0.2) is 22.7 Å². The van der Waals surface area contributed by atoms with Gasteiger partial charge in [0.2, 0.25) is 0 Å². The van der Waals surface area contributed by atoms with Crippen LogP contribution in [0, 0.1) is 10.1 Å². The molecule has 6 nitrogen and oxygen atoms in total. The first-order chi connectivity index (χ1) is 8.20. The summed E-state index contributed by atoms with van der Waals surface area (Å²) in [6, 6.07) is 4.09. The SMILES string of the molecule is CC(C)(O)CNC(=O)c1ccc(Br)c([N+](=O)[O-])c1. The van der Waals surface area contributed by atoms with Crippen LogP contribution >= 0.6 is 15.9 Å². The molecule has 0 heterocycles. The van der Waals surface area contributed by atoms with E-state index in [1.807, 2.05) is 0 Å². The van der Waals surface area contributed by atoms with Crippen LogP contribution in [0.5, 0.6) is 0 Å². The molecule has 0 radical (unpaired) electrons. The summed E-state index contributed by atoms with van der Waals surface area (Å²) in [7, 11) is 0. The van der Waals surface area contributed by atoms with E-state index < -0.39 is 16.4 Å². The zero-order valence-corrected chi connectivity index (χ0v) is 11.5. The van der Waals surface area contributed by atoms with Crippen LogP contribution in [0.3, 0.4) is 0 Å². The maximum absolute atomic E-state index is 11.7. The number of aliphatic hydroxyl groups is 1. The van der Waals surface area contributed by atoms with Gasteiger partial charge < -0.3 is 10.4 Å². The van der Waals surface area contributed by atoms with Crippen molar-refractivity contribution in [3.05, 3.63) is 38.3 Å². The van der Waals surface area contributed by atoms with Crippen molar-refractivity contribution in [2.75, 3.05) is 6.54 Å². The molecule has 0 fully saturated rings. The van der Waals surface area contributed by atoms with Gasteiger partial charge in [-0.05, 0) is 41.9 Å². The number of carbonyl (C=O) groups excluding carboxylic acids is 1. The molecule has 0 unspecified atom stereocenters. The number of benzene rings is 1. The van der Waals surface area contributed by atoms with E-state index in [1.54, 1.807) is 13.8 Å². The molecule has 0 spiro atoms. The number of nitro benzene ring substituents is 1. The summed E-state index contributed by atoms with van der Waals surface area (Å²) >= 11 is 3.04. The Balaban J connectivity index is 2.87. The topological polar surface area (TPSA) is 92.5 Å². The summed E-state index contributed by atoms with van der Waals surface area (Å²) in [5.74, 6) is -0.465. The van der Waals surface area contributed by atoms with Crippen molar-refractivity contribution in [3.63, 3.8) is 0 Å². The van der Waals surface area contributed by atoms with Gasteiger partial charge in [0, 0.05) is 18.2 Å². The third kappa shape index (κ3) is 4.08. The van der Waals surface area contributed by atoms with E-state index in [0.29, 0.717) is 4.47 Å². The highest BCUT2D eigenvalue weighted by atomic mass is 79.9. The maximum Gasteiger partial charge on any atom is 0.284 e. The van der Waals surface area contributed by atoms with Crippen LogP contribution in [0.2, 0.25) is 0 Å². The second-order valence-corrected chi connectivity index (χ2v) is 5.27. The van der Waals surface area contributed by atoms with E-state index in [1.165, 1.54) is 18.2 Å². The number of hydrogen-bond acceptors (Lipinski definition) is 4. The van der Waals surface area contributed by atoms with Crippen molar-refractivity contribution in [1.29, 1.82) is 0 Å². The van der Waals surface area contributed by atoms with Gasteiger partial charge in [-0.3, -0.25) is 14.9 Å². The lowest BCUT2D eigenvalue weighted by atomic mass is 10.1. The molecule has 0 saturated heterocycles. The van der Waals surface area contributed by atoms with E-state index >= 15 is 0 Å². The predicted molar refractivity (Wildman–Crippen MR) is 69.4 cm³/mol. The smallest absolute Gasteiger partial charge is 0.284 e. The van der Waals surface area contributed by atoms with Gasteiger partial charge in [-0.1, -0.05) is 0 Å². The Labute approximate surface area is 112 Å². The first-order valence-electron chi connectivity index (χ1n) is 5.15. The van der Waals surface area contributed by atoms with E-state index in [-0.39, 0.29) is 17.8 Å². The Bertz CT molecular complexity index is 482. The van der Waals surface area contributed by atoms with Crippen molar-refractivity contribution < 1.29 is 14.8 Å². The van der Waals surface area contributed by atoms with Gasteiger partial charge in [0.05, 0.1) is 15.0 Å². The zero-order chi connectivity index (χ0) is 13.9. The standard InChI is InChI=1S/C11H13BrN2O4/c1-11(2,16)6-13-10(15)7-3-4-8(12)9(5-7)14(17)18/h3-5,16H,6H2,1-2H3,(H,13,15). The quantitative estimate of drug-likeness (QED) is 0.655. The normalized spacial score (nSPS) is 11.1. The van der Waals surface area contributed by atoms with Crippen LogP contribution in [0.4, 0.5) is 5.69 Å². The van der Waals surface area contributed by atoms with E-state index in [2.05, 4.69) is 21.2 Å². The van der Waals surface area contributed by atoms with Crippen molar-refractivity contribution in [2.24, 2.45) is 0 Å². The predicted octanol–water partition coefficient (Wildman–Crippen LogP) is 1.86. The van der Waals surface area contributed by atoms with Crippen molar-refractivity contribution in [1.82, 2.24) is 5.32 Å². The molecule has 0 saturated carbocycles. The molecule has 0 aromatic heterocycles. The van der Waals surface area contributed by atoms with Gasteiger partial charge >= 0.3 is 0 Å². The number of nitro groups is 1. The zero-order valence-electron chi connectivity index (χ0n) is 9.94. The largest absolute Gasteiger partial charge is 0.389 e. The third-order valence-electron chi connectivity index (χ3n) is 2.09. The highest BCUT2D eigenvalue weighted by molar-refractivity contribution is 9.10. The first-order valence-corrected chi connectivity index (χ1v) is 5.94. The second kappa shape index (κ2) is 5.45. The van der Waals surface area contributed by atoms with Crippen LogP contribution in [0.25, 0.3) is 0 Å². The molecule has 0 aliphatic rings. The number of carbonyl (C=O) groups is 1. The van der Waals surface area contributed by atoms with Crippen molar-refractivity contribution in [3.8, 4) is 0 Å². The molecule has 7 heteroatoms. The van der Waals surface area contributed by atoms with Crippen LogP contribution in [-0.4, -0.2) is 28.1 Å². The molecule has 98 valence electrons. The minimum Gasteiger partial charge on any atom is -0.389 e. The van der Waals surface area contributed by atoms with E-state index in [4.69, 9.17) is 0 Å². The lowest BCUT2D eigenvalue weighted by molar-refractivity contribution is -0.385. The molecule has 1 aromatic carbocycles. The summed E-state index contributed by atoms with van der Waals surface area (Å²) in [4.78, 5) is 21.9. The molecule has 0 atom stereocenters. The monoisotopic (exact) mass is 316 g/mol. The van der Waals surface area contributed by atoms with Gasteiger partial charge in [-0.2, -0.15) is 0 Å². The van der Waals surface area contributed by atoms with E-state index in [9.17, 15) is 20.0 Å². The Morgan fingerprint density at radius 3 is 2.67 bits per heavy atom. The Kier molecular flexibility index (Phi) is 4.42. The number of nitrogens with one attached hydrogen (secondary N) is 1. The fourth-order valence-electron chi connectivity index (χ4n) is 1.19. The number of halogens is 1. The molecular weight excluding hydrogens is 304 g/mol. The number of amides is 1. The lowest BCUT2D eigenvalue weighted by Crippen LogP contribution is -2.38. The first kappa shape index (κ1) is 14.6. The third-order valence-corrected chi connectivity index (χ3v) is 2.76. The molecule has 2 N–H and O–H groups in total. The van der Waals surface area contributed by atoms with Crippen LogP contribution in [-0.2, 0) is 0 Å². The molecule has 18 heavy (non-hydrogen) atoms. The summed E-state index contributed by atoms with van der Waals surface area (Å²) in [6.45, 7) is 3.17. The molecule has 1 amide bonds. The van der Waals surface area contributed by atoms with Crippen molar-refractivity contribution >= 4 is 27.5 Å². The highest BCUT2D eigenvalue weighted by Gasteiger charge is 2.18. The maximum atomic E-state index is 11.7. The molecular formula is C11H13BrN2O4. The highest BCUT2D eigenvalue weighted by Crippen LogP contribution is 2.25. The van der Waals surface area contributed by atoms with Crippen LogP contribution < -0.4 is 5.32 Å². The minimum atomic E-state index is -1.03. The van der Waals surface area contributed by atoms with Crippen molar-refractivity contribution in [2.45, 2.75) is 19.4 Å². The number of rotatable bonds is 4. The van der Waals surface area contributed by atoms with Gasteiger partial charge in [0.1, 0.15) is 0 Å². The fourth-order valence-corrected chi connectivity index (χ4v) is 1.58. The average molecular weight is 317 g/mol. The Morgan fingerprint density at radius 1 is 1.56 bits per heavy atom. The molecule has 1 aromatic rings. The summed E-state index contributed by atoms with van der Waals surface area (Å²) in [5, 5.41) is 22.7. The minimum absolute atomic E-state index is 0.0652. The van der Waals surface area contributed by atoms with E-state index in [0.717, 1.165) is 0 Å². The molecule has 0 bridgehead atoms. The van der Waals surface area contributed by atoms with Crippen LogP contribution in [0.1, 0.15) is 24.2 Å². The Hall–Kier alpha value is -1.47. The average Bonchev–Trinajstić information content (AvgIpc) is 2.25. The molecule has 0 aliphatic carbocycles. The van der Waals surface area contributed by atoms with Gasteiger partial charge in [-0.15, -0.1) is 0 Å². The van der Waals surface area contributed by atoms with Gasteiger partial charge in [-0.25, -0.2) is 0 Å². The van der Waals surface area contributed by atoms with Gasteiger partial charge in [0.15, 0.2) is 0 Å². The Morgan fingerprint density at radius 2 is 2.17 bits per heavy atom. The molecule has 1 rings (SSSR count). The van der Waals surface area contributed by atoms with Gasteiger partial charge in [0.25, 0.3) is 11.6 Å². The number of hydrogen-bond donors (Lipinski definition) is 2. The fraction of sp³-hybridized carbons (Fsp3) is 0.364. The lowest BCUT2D eigenvalue weighted by Gasteiger charge is -2.17. The summed E-state index contributed by atoms with van der Waals surface area (Å²) in [5.41, 5.74) is -1.03. The second-order valence-electron chi connectivity index (χ2n) is 4.42. The number of nitrogens with zero attached hydrogens (tertiary/aromatic N) is 1. The summed E-state index contributed by atoms with van der Waals surface area (Å²) < 4.78 is 0.312.